The zero-order valence-corrected chi connectivity index (χ0v) is 15.8. The van der Waals surface area contributed by atoms with E-state index in [9.17, 15) is 9.59 Å². The lowest BCUT2D eigenvalue weighted by Crippen LogP contribution is -2.37. The van der Waals surface area contributed by atoms with Gasteiger partial charge in [-0.3, -0.25) is 4.79 Å². The Kier molecular flexibility index (Phi) is 5.78. The number of aromatic nitrogens is 1. The number of nitrogens with zero attached hydrogens (tertiary/aromatic N) is 1. The van der Waals surface area contributed by atoms with Gasteiger partial charge in [-0.05, 0) is 57.7 Å². The SMILES string of the molecule is Cc1noc(C)c1COc1cccc(C(=O)OCC(=O)N[C@H](C)C2CC2)c1. The minimum Gasteiger partial charge on any atom is -0.489 e. The normalized spacial score (nSPS) is 14.5. The second kappa shape index (κ2) is 8.24. The van der Waals surface area contributed by atoms with E-state index in [1.807, 2.05) is 20.8 Å². The molecule has 144 valence electrons. The van der Waals surface area contributed by atoms with Gasteiger partial charge in [-0.2, -0.15) is 0 Å². The molecule has 0 unspecified atom stereocenters. The van der Waals surface area contributed by atoms with Crippen LogP contribution in [0.25, 0.3) is 0 Å². The summed E-state index contributed by atoms with van der Waals surface area (Å²) >= 11 is 0. The number of nitrogens with one attached hydrogen (secondary N) is 1. The van der Waals surface area contributed by atoms with E-state index in [1.54, 1.807) is 24.3 Å². The molecule has 1 saturated carbocycles. The third-order valence-corrected chi connectivity index (χ3v) is 4.69. The average molecular weight is 372 g/mol. The van der Waals surface area contributed by atoms with Crippen molar-refractivity contribution in [3.8, 4) is 5.75 Å². The molecule has 1 aliphatic rings. The first kappa shape index (κ1) is 18.9. The molecule has 1 heterocycles. The van der Waals surface area contributed by atoms with Crippen LogP contribution in [0.5, 0.6) is 5.75 Å². The molecule has 0 spiro atoms. The van der Waals surface area contributed by atoms with Crippen molar-refractivity contribution in [1.82, 2.24) is 10.5 Å². The maximum Gasteiger partial charge on any atom is 0.338 e. The van der Waals surface area contributed by atoms with E-state index in [0.29, 0.717) is 29.6 Å². The van der Waals surface area contributed by atoms with Gasteiger partial charge in [-0.15, -0.1) is 0 Å². The summed E-state index contributed by atoms with van der Waals surface area (Å²) in [6, 6.07) is 6.78. The van der Waals surface area contributed by atoms with Crippen molar-refractivity contribution in [3.63, 3.8) is 0 Å². The smallest absolute Gasteiger partial charge is 0.338 e. The zero-order chi connectivity index (χ0) is 19.4. The van der Waals surface area contributed by atoms with Gasteiger partial charge in [0.1, 0.15) is 18.1 Å². The molecule has 1 amide bonds. The van der Waals surface area contributed by atoms with E-state index >= 15 is 0 Å². The van der Waals surface area contributed by atoms with Crippen LogP contribution in [0.15, 0.2) is 28.8 Å². The molecule has 3 rings (SSSR count). The van der Waals surface area contributed by atoms with Crippen molar-refractivity contribution < 1.29 is 23.6 Å². The van der Waals surface area contributed by atoms with Gasteiger partial charge in [-0.25, -0.2) is 4.79 Å². The van der Waals surface area contributed by atoms with Crippen molar-refractivity contribution in [1.29, 1.82) is 0 Å². The number of amides is 1. The lowest BCUT2D eigenvalue weighted by atomic mass is 10.2. The molecule has 7 heteroatoms. The summed E-state index contributed by atoms with van der Waals surface area (Å²) in [7, 11) is 0. The first-order valence-corrected chi connectivity index (χ1v) is 9.05. The first-order chi connectivity index (χ1) is 12.9. The number of benzene rings is 1. The van der Waals surface area contributed by atoms with Crippen LogP contribution in [0, 0.1) is 19.8 Å². The summed E-state index contributed by atoms with van der Waals surface area (Å²) in [6.07, 6.45) is 2.28. The van der Waals surface area contributed by atoms with Gasteiger partial charge in [0.2, 0.25) is 0 Å². The molecule has 2 aromatic rings. The molecule has 1 aliphatic carbocycles. The van der Waals surface area contributed by atoms with E-state index < -0.39 is 5.97 Å². The molecule has 0 radical (unpaired) electrons. The molecule has 1 aromatic carbocycles. The van der Waals surface area contributed by atoms with Gasteiger partial charge in [-0.1, -0.05) is 11.2 Å². The number of hydrogen-bond acceptors (Lipinski definition) is 6. The Morgan fingerprint density at radius 2 is 2.11 bits per heavy atom. The number of carbonyl (C=O) groups is 2. The molecule has 0 saturated heterocycles. The summed E-state index contributed by atoms with van der Waals surface area (Å²) in [5.74, 6) is 0.933. The van der Waals surface area contributed by atoms with Crippen molar-refractivity contribution in [2.24, 2.45) is 5.92 Å². The standard InChI is InChI=1S/C20H24N2O5/c1-12(15-7-8-15)21-19(23)11-26-20(24)16-5-4-6-17(9-16)25-10-18-13(2)22-27-14(18)3/h4-6,9,12,15H,7-8,10-11H2,1-3H3,(H,21,23)/t12-/m1/s1. The van der Waals surface area contributed by atoms with Gasteiger partial charge >= 0.3 is 5.97 Å². The summed E-state index contributed by atoms with van der Waals surface area (Å²) < 4.78 is 15.9. The monoisotopic (exact) mass is 372 g/mol. The lowest BCUT2D eigenvalue weighted by Gasteiger charge is -2.13. The fraction of sp³-hybridized carbons (Fsp3) is 0.450. The molecule has 1 N–H and O–H groups in total. The molecule has 0 bridgehead atoms. The van der Waals surface area contributed by atoms with E-state index in [-0.39, 0.29) is 18.6 Å². The summed E-state index contributed by atoms with van der Waals surface area (Å²) in [6.45, 7) is 5.64. The van der Waals surface area contributed by atoms with Gasteiger partial charge in [0.05, 0.1) is 16.8 Å². The maximum atomic E-state index is 12.2. The first-order valence-electron chi connectivity index (χ1n) is 9.05. The van der Waals surface area contributed by atoms with E-state index in [1.165, 1.54) is 0 Å². The molecule has 7 nitrogen and oxygen atoms in total. The maximum absolute atomic E-state index is 12.2. The van der Waals surface area contributed by atoms with Gasteiger partial charge in [0.25, 0.3) is 5.91 Å². The Balaban J connectivity index is 1.51. The predicted molar refractivity (Wildman–Crippen MR) is 97.4 cm³/mol. The largest absolute Gasteiger partial charge is 0.489 e. The second-order valence-electron chi connectivity index (χ2n) is 6.89. The molecule has 0 aliphatic heterocycles. The number of esters is 1. The van der Waals surface area contributed by atoms with Crippen LogP contribution >= 0.6 is 0 Å². The molecular weight excluding hydrogens is 348 g/mol. The fourth-order valence-electron chi connectivity index (χ4n) is 2.80. The molecular formula is C20H24N2O5. The Labute approximate surface area is 158 Å². The zero-order valence-electron chi connectivity index (χ0n) is 15.8. The van der Waals surface area contributed by atoms with Crippen molar-refractivity contribution in [2.75, 3.05) is 6.61 Å². The van der Waals surface area contributed by atoms with E-state index in [2.05, 4.69) is 10.5 Å². The van der Waals surface area contributed by atoms with E-state index in [4.69, 9.17) is 14.0 Å². The van der Waals surface area contributed by atoms with Gasteiger partial charge in [0.15, 0.2) is 6.61 Å². The minimum atomic E-state index is -0.563. The highest BCUT2D eigenvalue weighted by atomic mass is 16.5. The van der Waals surface area contributed by atoms with Crippen LogP contribution in [-0.2, 0) is 16.1 Å². The van der Waals surface area contributed by atoms with Crippen molar-refractivity contribution >= 4 is 11.9 Å². The number of rotatable bonds is 8. The summed E-state index contributed by atoms with van der Waals surface area (Å²) in [5.41, 5.74) is 1.98. The Bertz CT molecular complexity index is 806. The molecule has 1 aromatic heterocycles. The van der Waals surface area contributed by atoms with Crippen LogP contribution in [0.1, 0.15) is 47.1 Å². The van der Waals surface area contributed by atoms with Gasteiger partial charge in [0, 0.05) is 6.04 Å². The lowest BCUT2D eigenvalue weighted by molar-refractivity contribution is -0.124. The number of ether oxygens (including phenoxy) is 2. The highest BCUT2D eigenvalue weighted by Crippen LogP contribution is 2.32. The number of hydrogen-bond donors (Lipinski definition) is 1. The third-order valence-electron chi connectivity index (χ3n) is 4.69. The topological polar surface area (TPSA) is 90.7 Å². The van der Waals surface area contributed by atoms with Crippen LogP contribution in [0.3, 0.4) is 0 Å². The third kappa shape index (κ3) is 5.09. The number of carbonyl (C=O) groups excluding carboxylic acids is 2. The quantitative estimate of drug-likeness (QED) is 0.717. The second-order valence-corrected chi connectivity index (χ2v) is 6.89. The summed E-state index contributed by atoms with van der Waals surface area (Å²) in [5, 5.41) is 6.73. The average Bonchev–Trinajstić information content (AvgIpc) is 3.45. The van der Waals surface area contributed by atoms with Gasteiger partial charge < -0.3 is 19.3 Å². The van der Waals surface area contributed by atoms with Crippen LogP contribution in [-0.4, -0.2) is 29.7 Å². The van der Waals surface area contributed by atoms with Crippen LogP contribution in [0.2, 0.25) is 0 Å². The predicted octanol–water partition coefficient (Wildman–Crippen LogP) is 2.94. The molecule has 1 fully saturated rings. The Hall–Kier alpha value is -2.83. The highest BCUT2D eigenvalue weighted by molar-refractivity contribution is 5.91. The minimum absolute atomic E-state index is 0.122. The fourth-order valence-corrected chi connectivity index (χ4v) is 2.80. The van der Waals surface area contributed by atoms with E-state index in [0.717, 1.165) is 24.1 Å². The van der Waals surface area contributed by atoms with Crippen molar-refractivity contribution in [3.05, 3.63) is 46.8 Å². The highest BCUT2D eigenvalue weighted by Gasteiger charge is 2.29. The van der Waals surface area contributed by atoms with Crippen LogP contribution < -0.4 is 10.1 Å². The Morgan fingerprint density at radius 3 is 2.78 bits per heavy atom. The number of aryl methyl sites for hydroxylation is 2. The molecule has 27 heavy (non-hydrogen) atoms. The van der Waals surface area contributed by atoms with Crippen molar-refractivity contribution in [2.45, 2.75) is 46.3 Å². The molecule has 1 atom stereocenters. The summed E-state index contributed by atoms with van der Waals surface area (Å²) in [4.78, 5) is 24.0. The van der Waals surface area contributed by atoms with Crippen LogP contribution in [0.4, 0.5) is 0 Å². The Morgan fingerprint density at radius 1 is 1.33 bits per heavy atom.